The van der Waals surface area contributed by atoms with E-state index in [0.717, 1.165) is 64.2 Å². The van der Waals surface area contributed by atoms with Crippen LogP contribution in [0.15, 0.2) is 48.5 Å². The van der Waals surface area contributed by atoms with Gasteiger partial charge >= 0.3 is 0 Å². The van der Waals surface area contributed by atoms with E-state index in [4.69, 9.17) is 4.74 Å². The molecule has 0 N–H and O–H groups in total. The molecule has 0 radical (unpaired) electrons. The predicted octanol–water partition coefficient (Wildman–Crippen LogP) is 4.75. The van der Waals surface area contributed by atoms with Crippen molar-refractivity contribution in [3.63, 3.8) is 0 Å². The number of carbonyl (C=O) groups is 1. The van der Waals surface area contributed by atoms with Gasteiger partial charge in [0.2, 0.25) is 5.91 Å². The van der Waals surface area contributed by atoms with Gasteiger partial charge in [0.1, 0.15) is 5.75 Å². The van der Waals surface area contributed by atoms with E-state index in [-0.39, 0.29) is 12.0 Å². The molecule has 5 nitrogen and oxygen atoms in total. The average Bonchev–Trinajstić information content (AvgIpc) is 2.89. The Balaban J connectivity index is 1.27. The molecule has 0 bridgehead atoms. The molecule has 1 unspecified atom stereocenters. The summed E-state index contributed by atoms with van der Waals surface area (Å²) in [7, 11) is 1.72. The van der Waals surface area contributed by atoms with Gasteiger partial charge in [-0.25, -0.2) is 0 Å². The van der Waals surface area contributed by atoms with Crippen molar-refractivity contribution in [1.29, 1.82) is 0 Å². The van der Waals surface area contributed by atoms with Gasteiger partial charge < -0.3 is 14.5 Å². The number of fused-ring (bicyclic) bond motifs is 1. The third-order valence-electron chi connectivity index (χ3n) is 7.81. The lowest BCUT2D eigenvalue weighted by atomic mass is 9.86. The second kappa shape index (κ2) is 10.2. The van der Waals surface area contributed by atoms with Gasteiger partial charge in [-0.05, 0) is 49.4 Å². The number of aryl methyl sites for hydroxylation is 1. The summed E-state index contributed by atoms with van der Waals surface area (Å²) in [5, 5.41) is 0. The zero-order valence-electron chi connectivity index (χ0n) is 19.9. The fraction of sp³-hybridized carbons (Fsp3) is 0.536. The molecular weight excluding hydrogens is 410 g/mol. The largest absolute Gasteiger partial charge is 0.497 e. The molecule has 2 aromatic carbocycles. The second-order valence-corrected chi connectivity index (χ2v) is 9.85. The topological polar surface area (TPSA) is 36.0 Å². The molecule has 2 aromatic rings. The Morgan fingerprint density at radius 3 is 2.52 bits per heavy atom. The number of benzene rings is 2. The van der Waals surface area contributed by atoms with Crippen LogP contribution < -0.4 is 14.5 Å². The molecule has 0 spiro atoms. The first-order valence-electron chi connectivity index (χ1n) is 12.8. The summed E-state index contributed by atoms with van der Waals surface area (Å²) in [6.07, 6.45) is 7.92. The van der Waals surface area contributed by atoms with Gasteiger partial charge in [0.25, 0.3) is 0 Å². The molecule has 2 aliphatic heterocycles. The van der Waals surface area contributed by atoms with Crippen molar-refractivity contribution in [3.8, 4) is 5.75 Å². The van der Waals surface area contributed by atoms with Crippen LogP contribution in [-0.2, 0) is 11.2 Å². The first-order valence-corrected chi connectivity index (χ1v) is 12.8. The minimum Gasteiger partial charge on any atom is -0.497 e. The highest BCUT2D eigenvalue weighted by Gasteiger charge is 2.36. The molecule has 1 saturated heterocycles. The zero-order chi connectivity index (χ0) is 22.6. The highest BCUT2D eigenvalue weighted by molar-refractivity contribution is 5.97. The van der Waals surface area contributed by atoms with E-state index in [1.165, 1.54) is 36.2 Å². The van der Waals surface area contributed by atoms with Crippen molar-refractivity contribution in [1.82, 2.24) is 4.90 Å². The van der Waals surface area contributed by atoms with Crippen LogP contribution in [0.25, 0.3) is 0 Å². The number of hydrogen-bond donors (Lipinski definition) is 0. The highest BCUT2D eigenvalue weighted by atomic mass is 16.5. The number of carbonyl (C=O) groups excluding carboxylic acids is 1. The van der Waals surface area contributed by atoms with Crippen molar-refractivity contribution in [3.05, 3.63) is 54.1 Å². The average molecular weight is 448 g/mol. The molecule has 5 rings (SSSR count). The van der Waals surface area contributed by atoms with Crippen LogP contribution in [0.1, 0.15) is 44.1 Å². The summed E-state index contributed by atoms with van der Waals surface area (Å²) < 4.78 is 5.41. The number of ether oxygens (including phenoxy) is 1. The monoisotopic (exact) mass is 447 g/mol. The lowest BCUT2D eigenvalue weighted by Crippen LogP contribution is -2.55. The molecular formula is C28H37N3O2. The minimum absolute atomic E-state index is 0.206. The number of para-hydroxylation sites is 1. The van der Waals surface area contributed by atoms with Crippen molar-refractivity contribution >= 4 is 17.3 Å². The van der Waals surface area contributed by atoms with Crippen LogP contribution in [-0.4, -0.2) is 56.7 Å². The maximum absolute atomic E-state index is 13.8. The Hall–Kier alpha value is -2.53. The number of methoxy groups -OCH3 is 1. The van der Waals surface area contributed by atoms with E-state index < -0.39 is 0 Å². The van der Waals surface area contributed by atoms with Gasteiger partial charge in [0.15, 0.2) is 0 Å². The fourth-order valence-corrected chi connectivity index (χ4v) is 5.92. The Morgan fingerprint density at radius 1 is 0.939 bits per heavy atom. The molecule has 1 amide bonds. The van der Waals surface area contributed by atoms with Crippen LogP contribution in [0.5, 0.6) is 5.75 Å². The lowest BCUT2D eigenvalue weighted by molar-refractivity contribution is -0.124. The van der Waals surface area contributed by atoms with E-state index >= 15 is 0 Å². The molecule has 0 aromatic heterocycles. The van der Waals surface area contributed by atoms with Crippen LogP contribution in [0, 0.1) is 5.92 Å². The fourth-order valence-electron chi connectivity index (χ4n) is 5.92. The van der Waals surface area contributed by atoms with Crippen molar-refractivity contribution < 1.29 is 9.53 Å². The molecule has 2 heterocycles. The summed E-state index contributed by atoms with van der Waals surface area (Å²) in [5.74, 6) is 1.49. The van der Waals surface area contributed by atoms with E-state index in [0.29, 0.717) is 5.91 Å². The quantitative estimate of drug-likeness (QED) is 0.663. The first kappa shape index (κ1) is 22.3. The van der Waals surface area contributed by atoms with Crippen molar-refractivity contribution in [2.75, 3.05) is 49.6 Å². The number of hydrogen-bond acceptors (Lipinski definition) is 4. The predicted molar refractivity (Wildman–Crippen MR) is 134 cm³/mol. The Labute approximate surface area is 198 Å². The number of piperazine rings is 1. The molecule has 3 aliphatic rings. The maximum atomic E-state index is 13.8. The van der Waals surface area contributed by atoms with E-state index in [1.54, 1.807) is 7.11 Å². The van der Waals surface area contributed by atoms with Gasteiger partial charge in [-0.3, -0.25) is 9.69 Å². The molecule has 176 valence electrons. The smallest absolute Gasteiger partial charge is 0.230 e. The summed E-state index contributed by atoms with van der Waals surface area (Å²) in [6, 6.07) is 17.2. The number of nitrogens with zero attached hydrogens (tertiary/aromatic N) is 3. The summed E-state index contributed by atoms with van der Waals surface area (Å²) >= 11 is 0. The van der Waals surface area contributed by atoms with Crippen LogP contribution in [0.4, 0.5) is 11.4 Å². The number of anilines is 2. The van der Waals surface area contributed by atoms with E-state index in [9.17, 15) is 4.79 Å². The maximum Gasteiger partial charge on any atom is 0.230 e. The minimum atomic E-state index is 0.206. The Morgan fingerprint density at radius 2 is 1.73 bits per heavy atom. The second-order valence-electron chi connectivity index (χ2n) is 9.85. The van der Waals surface area contributed by atoms with Gasteiger partial charge in [0.05, 0.1) is 7.11 Å². The zero-order valence-corrected chi connectivity index (χ0v) is 19.9. The molecule has 2 fully saturated rings. The Bertz CT molecular complexity index is 948. The van der Waals surface area contributed by atoms with E-state index in [1.807, 2.05) is 6.07 Å². The highest BCUT2D eigenvalue weighted by Crippen LogP contribution is 2.35. The third-order valence-corrected chi connectivity index (χ3v) is 7.81. The standard InChI is InChI=1S/C28H37N3O2/c1-33-26-12-7-11-24(20-26)30-18-16-29(17-19-30)21-25-15-14-22-8-5-6-13-27(22)31(25)28(32)23-9-3-2-4-10-23/h5-8,11-13,20,23,25H,2-4,9-10,14-19,21H2,1H3. The first-order chi connectivity index (χ1) is 16.2. The third kappa shape index (κ3) is 4.89. The van der Waals surface area contributed by atoms with Crippen molar-refractivity contribution in [2.45, 2.75) is 51.0 Å². The SMILES string of the molecule is COc1cccc(N2CCN(CC3CCc4ccccc4N3C(=O)C3CCCCC3)CC2)c1. The lowest BCUT2D eigenvalue weighted by Gasteiger charge is -2.43. The molecule has 1 aliphatic carbocycles. The number of amides is 1. The molecule has 1 saturated carbocycles. The van der Waals surface area contributed by atoms with E-state index in [2.05, 4.69) is 57.2 Å². The van der Waals surface area contributed by atoms with Gasteiger partial charge in [0, 0.05) is 62.1 Å². The van der Waals surface area contributed by atoms with Gasteiger partial charge in [-0.15, -0.1) is 0 Å². The molecule has 5 heteroatoms. The number of rotatable bonds is 5. The summed E-state index contributed by atoms with van der Waals surface area (Å²) in [6.45, 7) is 5.04. The summed E-state index contributed by atoms with van der Waals surface area (Å²) in [4.78, 5) is 21.0. The van der Waals surface area contributed by atoms with Gasteiger partial charge in [-0.2, -0.15) is 0 Å². The molecule has 1 atom stereocenters. The van der Waals surface area contributed by atoms with Crippen LogP contribution in [0.3, 0.4) is 0 Å². The molecule has 33 heavy (non-hydrogen) atoms. The normalized spacial score (nSPS) is 22.2. The summed E-state index contributed by atoms with van der Waals surface area (Å²) in [5.41, 5.74) is 3.73. The van der Waals surface area contributed by atoms with Gasteiger partial charge in [-0.1, -0.05) is 43.5 Å². The Kier molecular flexibility index (Phi) is 6.86. The van der Waals surface area contributed by atoms with Crippen molar-refractivity contribution in [2.24, 2.45) is 5.92 Å². The van der Waals surface area contributed by atoms with Crippen LogP contribution >= 0.6 is 0 Å². The van der Waals surface area contributed by atoms with Crippen LogP contribution in [0.2, 0.25) is 0 Å².